The summed E-state index contributed by atoms with van der Waals surface area (Å²) in [5.74, 6) is 0.887. The SMILES string of the molecule is CC1CCN(CCC(=O)Nc2cccc(Cl)c2)CC1. The molecule has 3 nitrogen and oxygen atoms in total. The summed E-state index contributed by atoms with van der Waals surface area (Å²) < 4.78 is 0. The minimum Gasteiger partial charge on any atom is -0.326 e. The van der Waals surface area contributed by atoms with Gasteiger partial charge in [-0.2, -0.15) is 0 Å². The van der Waals surface area contributed by atoms with E-state index in [0.29, 0.717) is 11.4 Å². The number of carbonyl (C=O) groups excluding carboxylic acids is 1. The molecule has 19 heavy (non-hydrogen) atoms. The van der Waals surface area contributed by atoms with Gasteiger partial charge < -0.3 is 10.2 Å². The highest BCUT2D eigenvalue weighted by atomic mass is 35.5. The average Bonchev–Trinajstić information content (AvgIpc) is 2.38. The molecule has 0 aliphatic carbocycles. The highest BCUT2D eigenvalue weighted by Gasteiger charge is 2.16. The molecule has 1 aliphatic rings. The maximum absolute atomic E-state index is 11.8. The second kappa shape index (κ2) is 6.92. The third-order valence-electron chi connectivity index (χ3n) is 3.64. The lowest BCUT2D eigenvalue weighted by Gasteiger charge is -2.29. The standard InChI is InChI=1S/C15H21ClN2O/c1-12-5-8-18(9-6-12)10-7-15(19)17-14-4-2-3-13(16)11-14/h2-4,11-12H,5-10H2,1H3,(H,17,19). The summed E-state index contributed by atoms with van der Waals surface area (Å²) in [6, 6.07) is 7.25. The van der Waals surface area contributed by atoms with Gasteiger partial charge in [-0.15, -0.1) is 0 Å². The summed E-state index contributed by atoms with van der Waals surface area (Å²) in [5, 5.41) is 3.52. The van der Waals surface area contributed by atoms with Gasteiger partial charge in [0.2, 0.25) is 5.91 Å². The number of halogens is 1. The molecule has 1 fully saturated rings. The molecule has 0 unspecified atom stereocenters. The van der Waals surface area contributed by atoms with E-state index in [4.69, 9.17) is 11.6 Å². The highest BCUT2D eigenvalue weighted by Crippen LogP contribution is 2.17. The van der Waals surface area contributed by atoms with E-state index < -0.39 is 0 Å². The zero-order valence-corrected chi connectivity index (χ0v) is 12.1. The van der Waals surface area contributed by atoms with Crippen LogP contribution in [0.2, 0.25) is 5.02 Å². The van der Waals surface area contributed by atoms with Crippen molar-refractivity contribution >= 4 is 23.2 Å². The fourth-order valence-corrected chi connectivity index (χ4v) is 2.53. The Labute approximate surface area is 119 Å². The number of anilines is 1. The van der Waals surface area contributed by atoms with Crippen LogP contribution in [0.1, 0.15) is 26.2 Å². The monoisotopic (exact) mass is 280 g/mol. The fraction of sp³-hybridized carbons (Fsp3) is 0.533. The third-order valence-corrected chi connectivity index (χ3v) is 3.87. The van der Waals surface area contributed by atoms with E-state index in [-0.39, 0.29) is 5.91 Å². The van der Waals surface area contributed by atoms with Crippen molar-refractivity contribution in [1.82, 2.24) is 4.90 Å². The molecule has 0 radical (unpaired) electrons. The van der Waals surface area contributed by atoms with Gasteiger partial charge in [0.15, 0.2) is 0 Å². The van der Waals surface area contributed by atoms with Crippen molar-refractivity contribution in [2.75, 3.05) is 25.0 Å². The number of hydrogen-bond donors (Lipinski definition) is 1. The number of piperidine rings is 1. The van der Waals surface area contributed by atoms with Crippen molar-refractivity contribution < 1.29 is 4.79 Å². The number of carbonyl (C=O) groups is 1. The molecule has 1 N–H and O–H groups in total. The lowest BCUT2D eigenvalue weighted by atomic mass is 9.99. The lowest BCUT2D eigenvalue weighted by Crippen LogP contribution is -2.35. The first-order valence-corrected chi connectivity index (χ1v) is 7.29. The zero-order valence-electron chi connectivity index (χ0n) is 11.4. The van der Waals surface area contributed by atoms with Crippen LogP contribution in [-0.4, -0.2) is 30.4 Å². The van der Waals surface area contributed by atoms with E-state index in [1.165, 1.54) is 12.8 Å². The van der Waals surface area contributed by atoms with Gasteiger partial charge >= 0.3 is 0 Å². The molecule has 0 saturated carbocycles. The minimum absolute atomic E-state index is 0.0564. The Kier molecular flexibility index (Phi) is 5.23. The largest absolute Gasteiger partial charge is 0.326 e. The summed E-state index contributed by atoms with van der Waals surface area (Å²) in [6.45, 7) is 5.37. The summed E-state index contributed by atoms with van der Waals surface area (Å²) >= 11 is 5.88. The van der Waals surface area contributed by atoms with Crippen molar-refractivity contribution in [2.24, 2.45) is 5.92 Å². The van der Waals surface area contributed by atoms with Crippen LogP contribution in [-0.2, 0) is 4.79 Å². The highest BCUT2D eigenvalue weighted by molar-refractivity contribution is 6.30. The maximum atomic E-state index is 11.8. The minimum atomic E-state index is 0.0564. The number of nitrogens with one attached hydrogen (secondary N) is 1. The van der Waals surface area contributed by atoms with Gasteiger partial charge in [0.05, 0.1) is 0 Å². The predicted octanol–water partition coefficient (Wildman–Crippen LogP) is 3.40. The Bertz CT molecular complexity index is 428. The van der Waals surface area contributed by atoms with Crippen LogP contribution in [0.25, 0.3) is 0 Å². The summed E-state index contributed by atoms with van der Waals surface area (Å²) in [4.78, 5) is 14.2. The number of benzene rings is 1. The van der Waals surface area contributed by atoms with Gasteiger partial charge in [-0.1, -0.05) is 24.6 Å². The van der Waals surface area contributed by atoms with Gasteiger partial charge in [-0.3, -0.25) is 4.79 Å². The van der Waals surface area contributed by atoms with E-state index in [1.807, 2.05) is 12.1 Å². The van der Waals surface area contributed by atoms with Gasteiger partial charge in [0.25, 0.3) is 0 Å². The average molecular weight is 281 g/mol. The first-order valence-electron chi connectivity index (χ1n) is 6.91. The van der Waals surface area contributed by atoms with Crippen LogP contribution in [0.4, 0.5) is 5.69 Å². The van der Waals surface area contributed by atoms with Crippen LogP contribution in [0, 0.1) is 5.92 Å². The van der Waals surface area contributed by atoms with E-state index in [0.717, 1.165) is 31.2 Å². The Morgan fingerprint density at radius 3 is 2.84 bits per heavy atom. The van der Waals surface area contributed by atoms with Crippen LogP contribution in [0.3, 0.4) is 0 Å². The van der Waals surface area contributed by atoms with Crippen LogP contribution in [0.15, 0.2) is 24.3 Å². The molecular formula is C15H21ClN2O. The Hall–Kier alpha value is -1.06. The molecular weight excluding hydrogens is 260 g/mol. The molecule has 0 spiro atoms. The Morgan fingerprint density at radius 2 is 2.16 bits per heavy atom. The summed E-state index contributed by atoms with van der Waals surface area (Å²) in [7, 11) is 0. The van der Waals surface area contributed by atoms with Crippen molar-refractivity contribution in [1.29, 1.82) is 0 Å². The van der Waals surface area contributed by atoms with Crippen LogP contribution in [0.5, 0.6) is 0 Å². The number of nitrogens with zero attached hydrogens (tertiary/aromatic N) is 1. The lowest BCUT2D eigenvalue weighted by molar-refractivity contribution is -0.116. The normalized spacial score (nSPS) is 17.4. The number of amides is 1. The third kappa shape index (κ3) is 4.84. The number of rotatable bonds is 4. The molecule has 1 aromatic rings. The van der Waals surface area contributed by atoms with Crippen molar-refractivity contribution in [2.45, 2.75) is 26.2 Å². The quantitative estimate of drug-likeness (QED) is 0.917. The molecule has 2 rings (SSSR count). The maximum Gasteiger partial charge on any atom is 0.225 e. The molecule has 4 heteroatoms. The topological polar surface area (TPSA) is 32.3 Å². The summed E-state index contributed by atoms with van der Waals surface area (Å²) in [6.07, 6.45) is 3.03. The Balaban J connectivity index is 1.73. The predicted molar refractivity (Wildman–Crippen MR) is 79.5 cm³/mol. The zero-order chi connectivity index (χ0) is 13.7. The smallest absolute Gasteiger partial charge is 0.225 e. The molecule has 1 heterocycles. The molecule has 0 bridgehead atoms. The van der Waals surface area contributed by atoms with Crippen LogP contribution >= 0.6 is 11.6 Å². The summed E-state index contributed by atoms with van der Waals surface area (Å²) in [5.41, 5.74) is 0.768. The number of likely N-dealkylation sites (tertiary alicyclic amines) is 1. The van der Waals surface area contributed by atoms with Gasteiger partial charge in [0.1, 0.15) is 0 Å². The second-order valence-electron chi connectivity index (χ2n) is 5.33. The molecule has 0 atom stereocenters. The molecule has 1 amide bonds. The second-order valence-corrected chi connectivity index (χ2v) is 5.77. The van der Waals surface area contributed by atoms with Gasteiger partial charge in [-0.25, -0.2) is 0 Å². The molecule has 1 saturated heterocycles. The fourth-order valence-electron chi connectivity index (χ4n) is 2.34. The Morgan fingerprint density at radius 1 is 1.42 bits per heavy atom. The van der Waals surface area contributed by atoms with Crippen molar-refractivity contribution in [3.63, 3.8) is 0 Å². The van der Waals surface area contributed by atoms with E-state index in [9.17, 15) is 4.79 Å². The van der Waals surface area contributed by atoms with E-state index in [2.05, 4.69) is 17.1 Å². The molecule has 1 aromatic carbocycles. The molecule has 104 valence electrons. The van der Waals surface area contributed by atoms with Gasteiger partial charge in [-0.05, 0) is 50.0 Å². The van der Waals surface area contributed by atoms with E-state index >= 15 is 0 Å². The first-order chi connectivity index (χ1) is 9.13. The van der Waals surface area contributed by atoms with Crippen molar-refractivity contribution in [3.8, 4) is 0 Å². The number of hydrogen-bond acceptors (Lipinski definition) is 2. The van der Waals surface area contributed by atoms with Crippen LogP contribution < -0.4 is 5.32 Å². The first kappa shape index (κ1) is 14.4. The van der Waals surface area contributed by atoms with E-state index in [1.54, 1.807) is 12.1 Å². The molecule has 0 aromatic heterocycles. The van der Waals surface area contributed by atoms with Crippen molar-refractivity contribution in [3.05, 3.63) is 29.3 Å². The van der Waals surface area contributed by atoms with Gasteiger partial charge in [0, 0.05) is 23.7 Å². The molecule has 1 aliphatic heterocycles.